The minimum atomic E-state index is -4.64. The zero-order valence-corrected chi connectivity index (χ0v) is 14.0. The second-order valence-electron chi connectivity index (χ2n) is 5.70. The van der Waals surface area contributed by atoms with E-state index in [-0.39, 0.29) is 15.8 Å². The van der Waals surface area contributed by atoms with Crippen molar-refractivity contribution in [1.29, 1.82) is 10.5 Å². The maximum Gasteiger partial charge on any atom is 0.416 e. The van der Waals surface area contributed by atoms with Crippen molar-refractivity contribution in [3.63, 3.8) is 0 Å². The van der Waals surface area contributed by atoms with Crippen LogP contribution in [0.3, 0.4) is 0 Å². The van der Waals surface area contributed by atoms with Crippen molar-refractivity contribution in [3.05, 3.63) is 81.3 Å². The van der Waals surface area contributed by atoms with Crippen LogP contribution in [0.5, 0.6) is 0 Å². The van der Waals surface area contributed by atoms with E-state index in [4.69, 9.17) is 13.1 Å². The number of nitrogens with zero attached hydrogens (tertiary/aromatic N) is 4. The fraction of sp³-hybridized carbons (Fsp3) is 0.0476. The number of rotatable bonds is 0. The number of hydrogen-bond donors (Lipinski definition) is 0. The molecule has 0 spiro atoms. The van der Waals surface area contributed by atoms with Gasteiger partial charge >= 0.3 is 6.18 Å². The molecule has 0 radical (unpaired) electrons. The molecule has 0 aliphatic carbocycles. The molecule has 0 saturated carbocycles. The van der Waals surface area contributed by atoms with Crippen LogP contribution in [-0.4, -0.2) is 0 Å². The average Bonchev–Trinajstić information content (AvgIpc) is 2.70. The first-order chi connectivity index (χ1) is 13.4. The molecule has 0 aliphatic rings. The topological polar surface area (TPSA) is 56.3 Å². The fourth-order valence-corrected chi connectivity index (χ4v) is 3.13. The van der Waals surface area contributed by atoms with E-state index in [1.165, 1.54) is 6.07 Å². The van der Waals surface area contributed by atoms with Crippen LogP contribution in [-0.2, 0) is 6.18 Å². The summed E-state index contributed by atoms with van der Waals surface area (Å²) >= 11 is 0. The van der Waals surface area contributed by atoms with Gasteiger partial charge in [0.25, 0.3) is 11.4 Å². The molecule has 0 bridgehead atoms. The highest BCUT2D eigenvalue weighted by Gasteiger charge is 2.30. The molecule has 28 heavy (non-hydrogen) atoms. The molecule has 3 aromatic carbocycles. The van der Waals surface area contributed by atoms with Gasteiger partial charge in [0.15, 0.2) is 0 Å². The molecule has 0 unspecified atom stereocenters. The first-order valence-electron chi connectivity index (χ1n) is 7.72. The van der Waals surface area contributed by atoms with Crippen LogP contribution in [0.4, 0.5) is 13.2 Å². The largest absolute Gasteiger partial charge is 0.416 e. The van der Waals surface area contributed by atoms with E-state index in [9.17, 15) is 23.7 Å². The zero-order chi connectivity index (χ0) is 20.5. The molecule has 0 aromatic heterocycles. The Morgan fingerprint density at radius 1 is 0.786 bits per heavy atom. The molecule has 3 rings (SSSR count). The third-order valence-corrected chi connectivity index (χ3v) is 4.26. The minimum absolute atomic E-state index is 0.00697. The van der Waals surface area contributed by atoms with Gasteiger partial charge < -0.3 is 0 Å². The van der Waals surface area contributed by atoms with Gasteiger partial charge in [0.1, 0.15) is 0 Å². The van der Waals surface area contributed by atoms with Crippen molar-refractivity contribution in [3.8, 4) is 12.1 Å². The number of fused-ring (bicyclic) bond motifs is 3. The van der Waals surface area contributed by atoms with Crippen LogP contribution >= 0.6 is 0 Å². The Balaban J connectivity index is 2.91. The average molecular weight is 372 g/mol. The van der Waals surface area contributed by atoms with Gasteiger partial charge in [0.2, 0.25) is 0 Å². The van der Waals surface area contributed by atoms with E-state index < -0.39 is 23.1 Å². The van der Waals surface area contributed by atoms with Crippen molar-refractivity contribution < 1.29 is 13.2 Å². The summed E-state index contributed by atoms with van der Waals surface area (Å²) in [4.78, 5) is 6.31. The molecule has 132 valence electrons. The molecule has 0 atom stereocenters. The second-order valence-corrected chi connectivity index (χ2v) is 5.70. The number of alkyl halides is 3. The fourth-order valence-electron chi connectivity index (χ4n) is 3.13. The Morgan fingerprint density at radius 3 is 1.79 bits per heavy atom. The van der Waals surface area contributed by atoms with Gasteiger partial charge in [-0.15, -0.1) is 0 Å². The highest BCUT2D eigenvalue weighted by molar-refractivity contribution is 6.10. The maximum atomic E-state index is 13.3. The summed E-state index contributed by atoms with van der Waals surface area (Å²) in [6, 6.07) is 13.0. The molecule has 0 N–H and O–H groups in total. The first kappa shape index (κ1) is 18.5. The molecule has 0 heterocycles. The summed E-state index contributed by atoms with van der Waals surface area (Å²) in [7, 11) is 0. The lowest BCUT2D eigenvalue weighted by Crippen LogP contribution is -2.30. The quantitative estimate of drug-likeness (QED) is 0.440. The Labute approximate surface area is 156 Å². The summed E-state index contributed by atoms with van der Waals surface area (Å²) in [5, 5.41) is 20.0. The first-order valence-corrected chi connectivity index (χ1v) is 7.72. The molecule has 4 nitrogen and oxygen atoms in total. The molecule has 0 fully saturated rings. The standard InChI is InChI=1S/C21H7F3N4/c1-27-17(10-25)19-15-6-4-3-5-13(15)14-8-7-12(21(22,23)24)9-16(14)20(19)18(11-26)28-2/h3-9H/b19-17+,20-18-. The van der Waals surface area contributed by atoms with Crippen LogP contribution in [0.1, 0.15) is 5.56 Å². The number of hydrogen-bond acceptors (Lipinski definition) is 2. The van der Waals surface area contributed by atoms with Gasteiger partial charge in [-0.05, 0) is 44.1 Å². The Morgan fingerprint density at radius 2 is 1.29 bits per heavy atom. The smallest absolute Gasteiger partial charge is 0.226 e. The summed E-state index contributed by atoms with van der Waals surface area (Å²) in [6.45, 7) is 14.6. The van der Waals surface area contributed by atoms with Gasteiger partial charge in [0, 0.05) is 0 Å². The Kier molecular flexibility index (Phi) is 4.46. The third kappa shape index (κ3) is 2.78. The highest BCUT2D eigenvalue weighted by Crippen LogP contribution is 2.32. The van der Waals surface area contributed by atoms with E-state index in [0.29, 0.717) is 16.2 Å². The van der Waals surface area contributed by atoms with Crippen molar-refractivity contribution in [2.45, 2.75) is 6.18 Å². The molecule has 3 aromatic rings. The number of nitriles is 2. The van der Waals surface area contributed by atoms with E-state index in [0.717, 1.165) is 12.1 Å². The monoisotopic (exact) mass is 372 g/mol. The summed E-state index contributed by atoms with van der Waals surface area (Å²) < 4.78 is 39.8. The number of halogens is 3. The van der Waals surface area contributed by atoms with E-state index >= 15 is 0 Å². The van der Waals surface area contributed by atoms with Crippen molar-refractivity contribution in [2.75, 3.05) is 0 Å². The predicted octanol–water partition coefficient (Wildman–Crippen LogP) is 4.11. The van der Waals surface area contributed by atoms with E-state index in [1.807, 2.05) is 0 Å². The van der Waals surface area contributed by atoms with Crippen LogP contribution in [0.2, 0.25) is 0 Å². The van der Waals surface area contributed by atoms with Gasteiger partial charge in [-0.1, -0.05) is 30.3 Å². The maximum absolute atomic E-state index is 13.3. The van der Waals surface area contributed by atoms with Gasteiger partial charge in [-0.2, -0.15) is 13.2 Å². The van der Waals surface area contributed by atoms with Crippen molar-refractivity contribution in [1.82, 2.24) is 0 Å². The predicted molar refractivity (Wildman–Crippen MR) is 97.0 cm³/mol. The lowest BCUT2D eigenvalue weighted by molar-refractivity contribution is -0.137. The molecule has 0 amide bonds. The van der Waals surface area contributed by atoms with Crippen LogP contribution in [0, 0.1) is 35.8 Å². The van der Waals surface area contributed by atoms with Crippen molar-refractivity contribution in [2.24, 2.45) is 0 Å². The van der Waals surface area contributed by atoms with E-state index in [1.54, 1.807) is 36.4 Å². The highest BCUT2D eigenvalue weighted by atomic mass is 19.4. The third-order valence-electron chi connectivity index (χ3n) is 4.26. The molecule has 0 aliphatic heterocycles. The Hall–Kier alpha value is -4.33. The molecular weight excluding hydrogens is 365 g/mol. The lowest BCUT2D eigenvalue weighted by Gasteiger charge is -2.12. The SMILES string of the molecule is [C-]#[N+]/C(C#N)=c1\c(=C(/C#N)[N+]#[C-])c2ccccc2c2ccc(C(F)(F)F)cc12. The molecular formula is C21H7F3N4. The van der Waals surface area contributed by atoms with E-state index in [2.05, 4.69) is 9.69 Å². The van der Waals surface area contributed by atoms with Gasteiger partial charge in [-0.3, -0.25) is 0 Å². The summed E-state index contributed by atoms with van der Waals surface area (Å²) in [5.41, 5.74) is -1.84. The van der Waals surface area contributed by atoms with Crippen LogP contribution < -0.4 is 10.4 Å². The van der Waals surface area contributed by atoms with Crippen molar-refractivity contribution >= 4 is 32.9 Å². The van der Waals surface area contributed by atoms with Gasteiger partial charge in [0.05, 0.1) is 30.8 Å². The molecule has 0 saturated heterocycles. The normalized spacial score (nSPS) is 13.1. The zero-order valence-electron chi connectivity index (χ0n) is 14.0. The second kappa shape index (κ2) is 6.76. The number of benzene rings is 3. The lowest BCUT2D eigenvalue weighted by atomic mass is 9.94. The minimum Gasteiger partial charge on any atom is -0.226 e. The van der Waals surface area contributed by atoms with Crippen LogP contribution in [0.15, 0.2) is 42.5 Å². The van der Waals surface area contributed by atoms with Gasteiger partial charge in [-0.25, -0.2) is 20.2 Å². The summed E-state index contributed by atoms with van der Waals surface area (Å²) in [5.74, 6) is 0. The van der Waals surface area contributed by atoms with Crippen LogP contribution in [0.25, 0.3) is 42.6 Å². The Bertz CT molecular complexity index is 1400. The summed E-state index contributed by atoms with van der Waals surface area (Å²) in [6.07, 6.45) is -4.64. The molecule has 7 heteroatoms.